The minimum Gasteiger partial charge on any atom is -0.319 e. The first kappa shape index (κ1) is 10.3. The van der Waals surface area contributed by atoms with Crippen molar-refractivity contribution < 1.29 is 4.79 Å². The van der Waals surface area contributed by atoms with E-state index in [1.54, 1.807) is 0 Å². The van der Waals surface area contributed by atoms with Crippen molar-refractivity contribution >= 4 is 5.78 Å². The van der Waals surface area contributed by atoms with Crippen LogP contribution in [0.1, 0.15) is 36.3 Å². The van der Waals surface area contributed by atoms with Gasteiger partial charge in [0.15, 0.2) is 5.78 Å². The molecule has 0 atom stereocenters. The van der Waals surface area contributed by atoms with Crippen LogP contribution in [0.25, 0.3) is 0 Å². The molecule has 0 spiro atoms. The first-order valence-corrected chi connectivity index (χ1v) is 5.32. The molecule has 2 rings (SSSR count). The maximum atomic E-state index is 11.9. The van der Waals surface area contributed by atoms with Crippen molar-refractivity contribution in [2.24, 2.45) is 5.41 Å². The van der Waals surface area contributed by atoms with Gasteiger partial charge in [-0.15, -0.1) is 0 Å². The molecule has 0 aliphatic heterocycles. The van der Waals surface area contributed by atoms with E-state index in [1.165, 1.54) is 0 Å². The molecule has 0 N–H and O–H groups in total. The highest BCUT2D eigenvalue weighted by Gasteiger charge is 2.33. The van der Waals surface area contributed by atoms with Gasteiger partial charge in [0.1, 0.15) is 0 Å². The first-order valence-electron chi connectivity index (χ1n) is 5.32. The van der Waals surface area contributed by atoms with E-state index >= 15 is 0 Å². The Morgan fingerprint density at radius 3 is 2.60 bits per heavy atom. The number of aromatic nitrogens is 1. The largest absolute Gasteiger partial charge is 0.319 e. The van der Waals surface area contributed by atoms with Crippen LogP contribution in [0.2, 0.25) is 0 Å². The van der Waals surface area contributed by atoms with Crippen molar-refractivity contribution in [3.8, 4) is 0 Å². The summed E-state index contributed by atoms with van der Waals surface area (Å²) in [7, 11) is 3.98. The van der Waals surface area contributed by atoms with Crippen LogP contribution in [-0.2, 0) is 6.42 Å². The molecule has 0 bridgehead atoms. The number of Topliss-reactive ketones (excluding diaryl/α,β-unsaturated/α-hetero) is 1. The number of hydrogen-bond donors (Lipinski definition) is 0. The number of nitrogens with zero attached hydrogens (tertiary/aromatic N) is 2. The van der Waals surface area contributed by atoms with Crippen LogP contribution in [0.15, 0.2) is 12.3 Å². The van der Waals surface area contributed by atoms with Gasteiger partial charge in [0, 0.05) is 32.3 Å². The van der Waals surface area contributed by atoms with Gasteiger partial charge in [-0.3, -0.25) is 9.47 Å². The van der Waals surface area contributed by atoms with E-state index in [2.05, 4.69) is 18.5 Å². The molecule has 1 aromatic rings. The standard InChI is InChI=1S/C12H18N2O/c1-12(2)7-10-9(11(15)8-12)5-6-14(10)13(3)4/h5-6H,7-8H2,1-4H3. The molecule has 1 heterocycles. The number of carbonyl (C=O) groups is 1. The zero-order valence-electron chi connectivity index (χ0n) is 9.87. The molecule has 0 saturated carbocycles. The minimum atomic E-state index is 0.0934. The van der Waals surface area contributed by atoms with E-state index in [1.807, 2.05) is 31.4 Å². The molecule has 0 aromatic carbocycles. The molecule has 1 aromatic heterocycles. The van der Waals surface area contributed by atoms with E-state index in [4.69, 9.17) is 0 Å². The Bertz CT molecular complexity index is 402. The van der Waals surface area contributed by atoms with Gasteiger partial charge < -0.3 is 5.01 Å². The Morgan fingerprint density at radius 2 is 2.00 bits per heavy atom. The van der Waals surface area contributed by atoms with Gasteiger partial charge >= 0.3 is 0 Å². The van der Waals surface area contributed by atoms with Crippen LogP contribution in [-0.4, -0.2) is 24.6 Å². The van der Waals surface area contributed by atoms with Crippen molar-refractivity contribution in [2.75, 3.05) is 19.1 Å². The summed E-state index contributed by atoms with van der Waals surface area (Å²) in [6.07, 6.45) is 3.61. The van der Waals surface area contributed by atoms with Crippen LogP contribution in [0.4, 0.5) is 0 Å². The topological polar surface area (TPSA) is 25.2 Å². The predicted octanol–water partition coefficient (Wildman–Crippen LogP) is 1.84. The van der Waals surface area contributed by atoms with Crippen LogP contribution < -0.4 is 5.01 Å². The summed E-state index contributed by atoms with van der Waals surface area (Å²) in [5.41, 5.74) is 2.15. The van der Waals surface area contributed by atoms with Gasteiger partial charge in [-0.1, -0.05) is 13.8 Å². The molecule has 3 nitrogen and oxygen atoms in total. The second-order valence-corrected chi connectivity index (χ2v) is 5.31. The molecule has 0 radical (unpaired) electrons. The SMILES string of the molecule is CN(C)n1ccc2c1CC(C)(C)CC2=O. The smallest absolute Gasteiger partial charge is 0.165 e. The Labute approximate surface area is 90.7 Å². The summed E-state index contributed by atoms with van der Waals surface area (Å²) in [4.78, 5) is 11.9. The number of fused-ring (bicyclic) bond motifs is 1. The zero-order chi connectivity index (χ0) is 11.2. The fourth-order valence-electron chi connectivity index (χ4n) is 2.31. The van der Waals surface area contributed by atoms with Gasteiger partial charge in [0.2, 0.25) is 0 Å². The Hall–Kier alpha value is -1.25. The van der Waals surface area contributed by atoms with E-state index in [0.29, 0.717) is 6.42 Å². The quantitative estimate of drug-likeness (QED) is 0.700. The summed E-state index contributed by atoms with van der Waals surface area (Å²) < 4.78 is 2.06. The third-order valence-electron chi connectivity index (χ3n) is 2.99. The lowest BCUT2D eigenvalue weighted by molar-refractivity contribution is 0.0910. The average Bonchev–Trinajstić information content (AvgIpc) is 2.45. The summed E-state index contributed by atoms with van der Waals surface area (Å²) >= 11 is 0. The lowest BCUT2D eigenvalue weighted by Gasteiger charge is -2.31. The van der Waals surface area contributed by atoms with Crippen LogP contribution in [0.5, 0.6) is 0 Å². The normalized spacial score (nSPS) is 18.8. The highest BCUT2D eigenvalue weighted by atomic mass is 16.1. The minimum absolute atomic E-state index is 0.0934. The van der Waals surface area contributed by atoms with Gasteiger partial charge in [0.25, 0.3) is 0 Å². The Kier molecular flexibility index (Phi) is 2.14. The molecule has 3 heteroatoms. The lowest BCUT2D eigenvalue weighted by atomic mass is 9.76. The maximum Gasteiger partial charge on any atom is 0.165 e. The molecule has 1 aliphatic rings. The highest BCUT2D eigenvalue weighted by molar-refractivity contribution is 5.98. The van der Waals surface area contributed by atoms with Crippen LogP contribution in [0.3, 0.4) is 0 Å². The van der Waals surface area contributed by atoms with Crippen molar-refractivity contribution in [3.05, 3.63) is 23.5 Å². The lowest BCUT2D eigenvalue weighted by Crippen LogP contribution is -2.33. The number of carbonyl (C=O) groups excluding carboxylic acids is 1. The summed E-state index contributed by atoms with van der Waals surface area (Å²) in [6, 6.07) is 1.94. The molecule has 1 aliphatic carbocycles. The molecule has 0 fully saturated rings. The van der Waals surface area contributed by atoms with Crippen LogP contribution in [0, 0.1) is 5.41 Å². The third kappa shape index (κ3) is 1.66. The second kappa shape index (κ2) is 3.12. The molecule has 0 amide bonds. The van der Waals surface area contributed by atoms with Crippen molar-refractivity contribution in [1.82, 2.24) is 4.68 Å². The van der Waals surface area contributed by atoms with Gasteiger partial charge in [-0.05, 0) is 17.9 Å². The Balaban J connectivity index is 2.49. The molecule has 0 saturated heterocycles. The third-order valence-corrected chi connectivity index (χ3v) is 2.99. The molecular weight excluding hydrogens is 188 g/mol. The van der Waals surface area contributed by atoms with E-state index in [9.17, 15) is 4.79 Å². The fraction of sp³-hybridized carbons (Fsp3) is 0.583. The van der Waals surface area contributed by atoms with Crippen molar-refractivity contribution in [1.29, 1.82) is 0 Å². The van der Waals surface area contributed by atoms with Crippen molar-refractivity contribution in [2.45, 2.75) is 26.7 Å². The van der Waals surface area contributed by atoms with Gasteiger partial charge in [-0.25, -0.2) is 0 Å². The highest BCUT2D eigenvalue weighted by Crippen LogP contribution is 2.34. The number of hydrogen-bond acceptors (Lipinski definition) is 2. The number of ketones is 1. The van der Waals surface area contributed by atoms with Gasteiger partial charge in [0.05, 0.1) is 5.69 Å². The molecular formula is C12H18N2O. The molecule has 15 heavy (non-hydrogen) atoms. The summed E-state index contributed by atoms with van der Waals surface area (Å²) in [5, 5.41) is 2.01. The average molecular weight is 206 g/mol. The summed E-state index contributed by atoms with van der Waals surface area (Å²) in [6.45, 7) is 4.31. The van der Waals surface area contributed by atoms with Gasteiger partial charge in [-0.2, -0.15) is 0 Å². The van der Waals surface area contributed by atoms with E-state index in [-0.39, 0.29) is 11.2 Å². The van der Waals surface area contributed by atoms with E-state index < -0.39 is 0 Å². The maximum absolute atomic E-state index is 11.9. The van der Waals surface area contributed by atoms with E-state index in [0.717, 1.165) is 17.7 Å². The number of rotatable bonds is 1. The second-order valence-electron chi connectivity index (χ2n) is 5.31. The van der Waals surface area contributed by atoms with Crippen LogP contribution >= 0.6 is 0 Å². The first-order chi connectivity index (χ1) is 6.91. The Morgan fingerprint density at radius 1 is 1.33 bits per heavy atom. The predicted molar refractivity (Wildman–Crippen MR) is 60.9 cm³/mol. The monoisotopic (exact) mass is 206 g/mol. The molecule has 0 unspecified atom stereocenters. The van der Waals surface area contributed by atoms with Crippen molar-refractivity contribution in [3.63, 3.8) is 0 Å². The molecule has 82 valence electrons. The summed E-state index contributed by atoms with van der Waals surface area (Å²) in [5.74, 6) is 0.279. The fourth-order valence-corrected chi connectivity index (χ4v) is 2.31. The zero-order valence-corrected chi connectivity index (χ0v) is 9.87.